The lowest BCUT2D eigenvalue weighted by Crippen LogP contribution is -2.31. The number of ether oxygens (including phenoxy) is 1. The highest BCUT2D eigenvalue weighted by atomic mass is 32.2. The zero-order valence-electron chi connectivity index (χ0n) is 16.9. The molecule has 1 fully saturated rings. The first-order chi connectivity index (χ1) is 14.5. The van der Waals surface area contributed by atoms with Crippen LogP contribution in [0.4, 0.5) is 17.1 Å². The van der Waals surface area contributed by atoms with Gasteiger partial charge in [-0.05, 0) is 30.3 Å². The predicted octanol–water partition coefficient (Wildman–Crippen LogP) is 3.51. The normalized spacial score (nSPS) is 14.1. The first-order valence-corrected chi connectivity index (χ1v) is 10.8. The van der Waals surface area contributed by atoms with E-state index >= 15 is 0 Å². The number of thioether (sulfide) groups is 1. The van der Waals surface area contributed by atoms with Crippen LogP contribution in [-0.4, -0.2) is 49.7 Å². The van der Waals surface area contributed by atoms with Crippen LogP contribution < -0.4 is 20.6 Å². The fourth-order valence-electron chi connectivity index (χ4n) is 3.48. The Morgan fingerprint density at radius 1 is 1.27 bits per heavy atom. The minimum Gasteiger partial charge on any atom is -0.495 e. The SMILES string of the molecule is COc1ccc(N(C)c2cc(=O)oc3ccccc23)cc1NC(=O)CN1CCSC1. The van der Waals surface area contributed by atoms with E-state index in [1.54, 1.807) is 19.2 Å². The van der Waals surface area contributed by atoms with Crippen LogP contribution in [0.25, 0.3) is 11.0 Å². The minimum absolute atomic E-state index is 0.0820. The zero-order valence-corrected chi connectivity index (χ0v) is 17.7. The molecule has 1 amide bonds. The summed E-state index contributed by atoms with van der Waals surface area (Å²) in [6, 6.07) is 14.4. The second kappa shape index (κ2) is 8.81. The van der Waals surface area contributed by atoms with Crippen LogP contribution in [0, 0.1) is 0 Å². The van der Waals surface area contributed by atoms with Crippen molar-refractivity contribution in [2.45, 2.75) is 0 Å². The molecule has 0 unspecified atom stereocenters. The topological polar surface area (TPSA) is 75.0 Å². The number of para-hydroxylation sites is 1. The van der Waals surface area contributed by atoms with Crippen molar-refractivity contribution in [3.63, 3.8) is 0 Å². The monoisotopic (exact) mass is 425 g/mol. The standard InChI is InChI=1S/C22H23N3O4S/c1-24(18-12-22(27)29-19-6-4-3-5-16(18)19)15-7-8-20(28-2)17(11-15)23-21(26)13-25-9-10-30-14-25/h3-8,11-12H,9-10,13-14H2,1-2H3,(H,23,26). The van der Waals surface area contributed by atoms with E-state index in [1.807, 2.05) is 54.0 Å². The molecule has 8 heteroatoms. The van der Waals surface area contributed by atoms with Gasteiger partial charge in [0, 0.05) is 42.4 Å². The average Bonchev–Trinajstić information content (AvgIpc) is 3.25. The highest BCUT2D eigenvalue weighted by molar-refractivity contribution is 7.99. The molecule has 1 N–H and O–H groups in total. The molecule has 0 aliphatic carbocycles. The maximum atomic E-state index is 12.5. The Morgan fingerprint density at radius 2 is 2.10 bits per heavy atom. The minimum atomic E-state index is -0.416. The molecule has 156 valence electrons. The number of hydrogen-bond donors (Lipinski definition) is 1. The van der Waals surface area contributed by atoms with Gasteiger partial charge in [-0.3, -0.25) is 9.69 Å². The molecule has 30 heavy (non-hydrogen) atoms. The Hall–Kier alpha value is -2.97. The van der Waals surface area contributed by atoms with Gasteiger partial charge in [-0.15, -0.1) is 11.8 Å². The summed E-state index contributed by atoms with van der Waals surface area (Å²) in [4.78, 5) is 28.6. The molecule has 4 rings (SSSR count). The molecule has 0 radical (unpaired) electrons. The van der Waals surface area contributed by atoms with Crippen molar-refractivity contribution in [2.75, 3.05) is 49.1 Å². The van der Waals surface area contributed by atoms with Gasteiger partial charge in [0.15, 0.2) is 0 Å². The molecule has 0 saturated carbocycles. The van der Waals surface area contributed by atoms with Crippen LogP contribution in [0.3, 0.4) is 0 Å². The van der Waals surface area contributed by atoms with Crippen molar-refractivity contribution in [2.24, 2.45) is 0 Å². The van der Waals surface area contributed by atoms with Crippen molar-refractivity contribution in [3.8, 4) is 5.75 Å². The highest BCUT2D eigenvalue weighted by Gasteiger charge is 2.18. The fraction of sp³-hybridized carbons (Fsp3) is 0.273. The van der Waals surface area contributed by atoms with Gasteiger partial charge in [-0.2, -0.15) is 0 Å². The molecule has 1 aliphatic heterocycles. The number of anilines is 3. The molecule has 0 atom stereocenters. The number of carbonyl (C=O) groups excluding carboxylic acids is 1. The van der Waals surface area contributed by atoms with E-state index < -0.39 is 5.63 Å². The van der Waals surface area contributed by atoms with E-state index in [-0.39, 0.29) is 5.91 Å². The van der Waals surface area contributed by atoms with Crippen LogP contribution in [0.5, 0.6) is 5.75 Å². The smallest absolute Gasteiger partial charge is 0.338 e. The summed E-state index contributed by atoms with van der Waals surface area (Å²) >= 11 is 1.83. The first kappa shape index (κ1) is 20.3. The lowest BCUT2D eigenvalue weighted by atomic mass is 10.1. The lowest BCUT2D eigenvalue weighted by Gasteiger charge is -2.22. The molecular formula is C22H23N3O4S. The molecule has 3 aromatic rings. The molecule has 2 aromatic carbocycles. The van der Waals surface area contributed by atoms with Gasteiger partial charge in [0.2, 0.25) is 5.91 Å². The van der Waals surface area contributed by atoms with Crippen molar-refractivity contribution < 1.29 is 13.9 Å². The number of nitrogens with one attached hydrogen (secondary N) is 1. The fourth-order valence-corrected chi connectivity index (χ4v) is 4.48. The van der Waals surface area contributed by atoms with Crippen molar-refractivity contribution in [1.82, 2.24) is 4.90 Å². The second-order valence-corrected chi connectivity index (χ2v) is 8.10. The lowest BCUT2D eigenvalue weighted by molar-refractivity contribution is -0.117. The quantitative estimate of drug-likeness (QED) is 0.606. The summed E-state index contributed by atoms with van der Waals surface area (Å²) in [5.74, 6) is 2.42. The molecule has 0 spiro atoms. The van der Waals surface area contributed by atoms with Crippen molar-refractivity contribution >= 4 is 45.7 Å². The third-order valence-corrected chi connectivity index (χ3v) is 6.05. The molecule has 7 nitrogen and oxygen atoms in total. The number of nitrogens with zero attached hydrogens (tertiary/aromatic N) is 2. The van der Waals surface area contributed by atoms with Gasteiger partial charge in [0.1, 0.15) is 11.3 Å². The van der Waals surface area contributed by atoms with E-state index in [0.717, 1.165) is 34.9 Å². The van der Waals surface area contributed by atoms with E-state index in [9.17, 15) is 9.59 Å². The summed E-state index contributed by atoms with van der Waals surface area (Å²) in [5, 5.41) is 3.79. The van der Waals surface area contributed by atoms with Crippen molar-refractivity contribution in [3.05, 3.63) is 59.0 Å². The predicted molar refractivity (Wildman–Crippen MR) is 121 cm³/mol. The van der Waals surface area contributed by atoms with Gasteiger partial charge in [0.05, 0.1) is 25.0 Å². The summed E-state index contributed by atoms with van der Waals surface area (Å²) in [6.07, 6.45) is 0. The van der Waals surface area contributed by atoms with Gasteiger partial charge >= 0.3 is 5.63 Å². The number of hydrogen-bond acceptors (Lipinski definition) is 7. The number of benzene rings is 2. The van der Waals surface area contributed by atoms with Gasteiger partial charge < -0.3 is 19.4 Å². The van der Waals surface area contributed by atoms with Crippen molar-refractivity contribution in [1.29, 1.82) is 0 Å². The van der Waals surface area contributed by atoms with Crippen LogP contribution in [-0.2, 0) is 4.79 Å². The van der Waals surface area contributed by atoms with E-state index in [0.29, 0.717) is 23.6 Å². The van der Waals surface area contributed by atoms with Gasteiger partial charge in [-0.25, -0.2) is 4.79 Å². The average molecular weight is 426 g/mol. The maximum Gasteiger partial charge on any atom is 0.338 e. The molecule has 1 aromatic heterocycles. The molecule has 0 bridgehead atoms. The Labute approximate surface area is 178 Å². The largest absolute Gasteiger partial charge is 0.495 e. The number of carbonyl (C=O) groups is 1. The summed E-state index contributed by atoms with van der Waals surface area (Å²) < 4.78 is 10.7. The maximum absolute atomic E-state index is 12.5. The number of methoxy groups -OCH3 is 1. The molecular weight excluding hydrogens is 402 g/mol. The highest BCUT2D eigenvalue weighted by Crippen LogP contribution is 2.34. The number of amides is 1. The molecule has 1 saturated heterocycles. The van der Waals surface area contributed by atoms with Gasteiger partial charge in [-0.1, -0.05) is 12.1 Å². The number of rotatable bonds is 6. The van der Waals surface area contributed by atoms with Crippen LogP contribution in [0.1, 0.15) is 0 Å². The second-order valence-electron chi connectivity index (χ2n) is 7.03. The first-order valence-electron chi connectivity index (χ1n) is 9.60. The Bertz CT molecular complexity index is 1120. The third kappa shape index (κ3) is 4.29. The Kier molecular flexibility index (Phi) is 5.96. The Balaban J connectivity index is 1.64. The summed E-state index contributed by atoms with van der Waals surface area (Å²) in [6.45, 7) is 1.27. The Morgan fingerprint density at radius 3 is 2.87 bits per heavy atom. The summed E-state index contributed by atoms with van der Waals surface area (Å²) in [5.41, 5.74) is 2.22. The van der Waals surface area contributed by atoms with Gasteiger partial charge in [0.25, 0.3) is 0 Å². The summed E-state index contributed by atoms with van der Waals surface area (Å²) in [7, 11) is 3.44. The van der Waals surface area contributed by atoms with Crippen LogP contribution >= 0.6 is 11.8 Å². The third-order valence-electron chi connectivity index (χ3n) is 5.03. The molecule has 1 aliphatic rings. The van der Waals surface area contributed by atoms with E-state index in [4.69, 9.17) is 9.15 Å². The van der Waals surface area contributed by atoms with E-state index in [2.05, 4.69) is 10.2 Å². The zero-order chi connectivity index (χ0) is 21.1. The van der Waals surface area contributed by atoms with E-state index in [1.165, 1.54) is 6.07 Å². The number of fused-ring (bicyclic) bond motifs is 1. The van der Waals surface area contributed by atoms with Crippen LogP contribution in [0.15, 0.2) is 57.7 Å². The molecule has 2 heterocycles. The van der Waals surface area contributed by atoms with Crippen LogP contribution in [0.2, 0.25) is 0 Å².